The minimum absolute atomic E-state index is 0.0273. The Morgan fingerprint density at radius 2 is 2.37 bits per heavy atom. The smallest absolute Gasteiger partial charge is 0.263 e. The summed E-state index contributed by atoms with van der Waals surface area (Å²) in [6.45, 7) is 4.97. The molecule has 4 nitrogen and oxygen atoms in total. The highest BCUT2D eigenvalue weighted by atomic mass is 16.5. The van der Waals surface area contributed by atoms with Crippen LogP contribution in [-0.4, -0.2) is 41.2 Å². The Morgan fingerprint density at radius 1 is 1.58 bits per heavy atom. The third-order valence-corrected chi connectivity index (χ3v) is 3.39. The number of nitrogens with zero attached hydrogens (tertiary/aromatic N) is 1. The summed E-state index contributed by atoms with van der Waals surface area (Å²) in [7, 11) is 0. The minimum Gasteiger partial charge on any atom is -0.481 e. The Kier molecular flexibility index (Phi) is 4.43. The van der Waals surface area contributed by atoms with Crippen molar-refractivity contribution in [3.63, 3.8) is 0 Å². The van der Waals surface area contributed by atoms with Crippen LogP contribution in [0.5, 0.6) is 5.75 Å². The minimum atomic E-state index is -0.466. The topological polar surface area (TPSA) is 49.8 Å². The molecular formula is C15H21NO3. The van der Waals surface area contributed by atoms with E-state index >= 15 is 0 Å². The van der Waals surface area contributed by atoms with E-state index in [9.17, 15) is 9.90 Å². The Balaban J connectivity index is 2.01. The molecule has 1 N–H and O–H groups in total. The number of β-amino-alcohol motifs (C(OH)–C–C–N with tert-alkyl or cyclic N) is 1. The molecule has 1 unspecified atom stereocenters. The number of rotatable bonds is 4. The number of hydrogen-bond acceptors (Lipinski definition) is 3. The summed E-state index contributed by atoms with van der Waals surface area (Å²) in [6, 6.07) is 7.70. The van der Waals surface area contributed by atoms with E-state index in [4.69, 9.17) is 4.74 Å². The summed E-state index contributed by atoms with van der Waals surface area (Å²) in [5.74, 6) is 0.695. The molecule has 1 aromatic rings. The number of carbonyl (C=O) groups is 1. The average Bonchev–Trinajstić information content (AvgIpc) is 2.82. The molecule has 1 amide bonds. The molecule has 0 aliphatic carbocycles. The number of aliphatic hydroxyl groups excluding tert-OH is 1. The first-order chi connectivity index (χ1) is 9.10. The van der Waals surface area contributed by atoms with Gasteiger partial charge in [0.15, 0.2) is 6.10 Å². The second-order valence-corrected chi connectivity index (χ2v) is 5.06. The maximum Gasteiger partial charge on any atom is 0.263 e. The van der Waals surface area contributed by atoms with Crippen LogP contribution in [0.15, 0.2) is 24.3 Å². The molecule has 0 bridgehead atoms. The second-order valence-electron chi connectivity index (χ2n) is 5.06. The van der Waals surface area contributed by atoms with Gasteiger partial charge < -0.3 is 14.7 Å². The van der Waals surface area contributed by atoms with Gasteiger partial charge in [-0.15, -0.1) is 0 Å². The summed E-state index contributed by atoms with van der Waals surface area (Å²) < 4.78 is 5.78. The van der Waals surface area contributed by atoms with E-state index in [1.165, 1.54) is 0 Å². The van der Waals surface area contributed by atoms with E-state index in [2.05, 4.69) is 0 Å². The number of hydrogen-bond donors (Lipinski definition) is 1. The van der Waals surface area contributed by atoms with Crippen LogP contribution in [0.25, 0.3) is 0 Å². The van der Waals surface area contributed by atoms with Crippen molar-refractivity contribution in [3.8, 4) is 5.75 Å². The second kappa shape index (κ2) is 6.06. The van der Waals surface area contributed by atoms with Crippen LogP contribution in [0.1, 0.15) is 25.3 Å². The van der Waals surface area contributed by atoms with E-state index in [1.54, 1.807) is 4.90 Å². The Hall–Kier alpha value is -1.55. The predicted octanol–water partition coefficient (Wildman–Crippen LogP) is 1.75. The first kappa shape index (κ1) is 13.9. The quantitative estimate of drug-likeness (QED) is 0.900. The fraction of sp³-hybridized carbons (Fsp3) is 0.533. The molecule has 2 atom stereocenters. The highest BCUT2D eigenvalue weighted by Gasteiger charge is 2.30. The van der Waals surface area contributed by atoms with Gasteiger partial charge in [0.2, 0.25) is 0 Å². The fourth-order valence-electron chi connectivity index (χ4n) is 2.31. The monoisotopic (exact) mass is 263 g/mol. The van der Waals surface area contributed by atoms with Crippen LogP contribution >= 0.6 is 0 Å². The van der Waals surface area contributed by atoms with Gasteiger partial charge in [-0.25, -0.2) is 0 Å². The number of aliphatic hydroxyl groups is 1. The van der Waals surface area contributed by atoms with E-state index in [-0.39, 0.29) is 12.0 Å². The largest absolute Gasteiger partial charge is 0.481 e. The van der Waals surface area contributed by atoms with Gasteiger partial charge in [0.1, 0.15) is 5.75 Å². The van der Waals surface area contributed by atoms with Crippen molar-refractivity contribution >= 4 is 5.91 Å². The SMILES string of the molecule is CCC(Oc1cccc(C)c1)C(=O)N1CC[C@@H](O)C1. The number of aryl methyl sites for hydroxylation is 1. The van der Waals surface area contributed by atoms with Crippen molar-refractivity contribution in [1.82, 2.24) is 4.90 Å². The van der Waals surface area contributed by atoms with Gasteiger partial charge in [0.05, 0.1) is 6.10 Å². The van der Waals surface area contributed by atoms with Gasteiger partial charge in [0, 0.05) is 13.1 Å². The maximum atomic E-state index is 12.3. The lowest BCUT2D eigenvalue weighted by atomic mass is 10.2. The summed E-state index contributed by atoms with van der Waals surface area (Å²) in [5.41, 5.74) is 1.11. The lowest BCUT2D eigenvalue weighted by Gasteiger charge is -2.23. The van der Waals surface area contributed by atoms with Gasteiger partial charge in [-0.3, -0.25) is 4.79 Å². The van der Waals surface area contributed by atoms with Crippen LogP contribution in [-0.2, 0) is 4.79 Å². The molecular weight excluding hydrogens is 242 g/mol. The molecule has 0 aromatic heterocycles. The third kappa shape index (κ3) is 3.47. The van der Waals surface area contributed by atoms with E-state index in [0.717, 1.165) is 11.3 Å². The van der Waals surface area contributed by atoms with Crippen molar-refractivity contribution in [3.05, 3.63) is 29.8 Å². The summed E-state index contributed by atoms with van der Waals surface area (Å²) in [6.07, 6.45) is 0.430. The van der Waals surface area contributed by atoms with Crippen LogP contribution in [0.4, 0.5) is 0 Å². The van der Waals surface area contributed by atoms with Gasteiger partial charge >= 0.3 is 0 Å². The Labute approximate surface area is 114 Å². The van der Waals surface area contributed by atoms with Crippen LogP contribution in [0.2, 0.25) is 0 Å². The lowest BCUT2D eigenvalue weighted by molar-refractivity contribution is -0.138. The van der Waals surface area contributed by atoms with Crippen LogP contribution in [0.3, 0.4) is 0 Å². The average molecular weight is 263 g/mol. The molecule has 0 spiro atoms. The molecule has 104 valence electrons. The molecule has 1 aliphatic rings. The highest BCUT2D eigenvalue weighted by Crippen LogP contribution is 2.18. The van der Waals surface area contributed by atoms with E-state index < -0.39 is 6.10 Å². The summed E-state index contributed by atoms with van der Waals surface area (Å²) in [5, 5.41) is 9.49. The molecule has 0 radical (unpaired) electrons. The number of amides is 1. The molecule has 2 rings (SSSR count). The number of likely N-dealkylation sites (tertiary alicyclic amines) is 1. The molecule has 1 heterocycles. The van der Waals surface area contributed by atoms with Crippen molar-refractivity contribution in [2.45, 2.75) is 38.9 Å². The zero-order valence-electron chi connectivity index (χ0n) is 11.5. The number of ether oxygens (including phenoxy) is 1. The molecule has 4 heteroatoms. The van der Waals surface area contributed by atoms with Gasteiger partial charge in [-0.2, -0.15) is 0 Å². The van der Waals surface area contributed by atoms with Crippen molar-refractivity contribution < 1.29 is 14.6 Å². The van der Waals surface area contributed by atoms with Crippen molar-refractivity contribution in [2.75, 3.05) is 13.1 Å². The van der Waals surface area contributed by atoms with E-state index in [1.807, 2.05) is 38.1 Å². The first-order valence-electron chi connectivity index (χ1n) is 6.80. The molecule has 1 fully saturated rings. The standard InChI is InChI=1S/C15H21NO3/c1-3-14(15(18)16-8-7-12(17)10-16)19-13-6-4-5-11(2)9-13/h4-6,9,12,14,17H,3,7-8,10H2,1-2H3/t12-,14?/m1/s1. The normalized spacial score (nSPS) is 20.4. The van der Waals surface area contributed by atoms with E-state index in [0.29, 0.717) is 25.9 Å². The Bertz CT molecular complexity index is 447. The third-order valence-electron chi connectivity index (χ3n) is 3.39. The molecule has 1 aliphatic heterocycles. The molecule has 0 saturated carbocycles. The van der Waals surface area contributed by atoms with Crippen molar-refractivity contribution in [2.24, 2.45) is 0 Å². The zero-order valence-corrected chi connectivity index (χ0v) is 11.5. The summed E-state index contributed by atoms with van der Waals surface area (Å²) in [4.78, 5) is 14.0. The Morgan fingerprint density at radius 3 is 2.95 bits per heavy atom. The van der Waals surface area contributed by atoms with Gasteiger partial charge in [-0.05, 0) is 37.5 Å². The highest BCUT2D eigenvalue weighted by molar-refractivity contribution is 5.81. The van der Waals surface area contributed by atoms with Crippen molar-refractivity contribution in [1.29, 1.82) is 0 Å². The predicted molar refractivity (Wildman–Crippen MR) is 73.1 cm³/mol. The number of benzene rings is 1. The molecule has 19 heavy (non-hydrogen) atoms. The van der Waals surface area contributed by atoms with Crippen LogP contribution in [0, 0.1) is 6.92 Å². The van der Waals surface area contributed by atoms with Gasteiger partial charge in [-0.1, -0.05) is 19.1 Å². The lowest BCUT2D eigenvalue weighted by Crippen LogP contribution is -2.40. The first-order valence-corrected chi connectivity index (χ1v) is 6.80. The van der Waals surface area contributed by atoms with Crippen LogP contribution < -0.4 is 4.74 Å². The maximum absolute atomic E-state index is 12.3. The molecule has 1 aromatic carbocycles. The fourth-order valence-corrected chi connectivity index (χ4v) is 2.31. The zero-order chi connectivity index (χ0) is 13.8. The number of carbonyl (C=O) groups excluding carboxylic acids is 1. The summed E-state index contributed by atoms with van der Waals surface area (Å²) >= 11 is 0. The van der Waals surface area contributed by atoms with Gasteiger partial charge in [0.25, 0.3) is 5.91 Å². The molecule has 1 saturated heterocycles.